The largest absolute Gasteiger partial charge is 0.294 e. The van der Waals surface area contributed by atoms with Crippen LogP contribution in [0.5, 0.6) is 0 Å². The summed E-state index contributed by atoms with van der Waals surface area (Å²) in [5.74, 6) is 1.06. The molecule has 0 heterocycles. The lowest BCUT2D eigenvalue weighted by atomic mass is 9.76. The van der Waals surface area contributed by atoms with Gasteiger partial charge in [-0.2, -0.15) is 0 Å². The van der Waals surface area contributed by atoms with Crippen LogP contribution >= 0.6 is 11.6 Å². The summed E-state index contributed by atoms with van der Waals surface area (Å²) >= 11 is 5.88. The van der Waals surface area contributed by atoms with Gasteiger partial charge in [0.25, 0.3) is 0 Å². The van der Waals surface area contributed by atoms with E-state index in [1.54, 1.807) is 0 Å². The Hall–Kier alpha value is -1.08. The average molecular weight is 277 g/mol. The number of benzene rings is 1. The number of Topliss-reactive ketones (excluding diaryl/α,β-unsaturated/α-hetero) is 1. The van der Waals surface area contributed by atoms with Crippen LogP contribution in [0, 0.1) is 11.8 Å². The number of ketones is 1. The third-order valence-corrected chi connectivity index (χ3v) is 4.41. The molecule has 1 aromatic rings. The Balaban J connectivity index is 2.19. The standard InChI is InChI=1S/C17H21ClO/c1-3-12(2)16-6-4-5-14(17(16)19)11-13-7-9-15(18)10-8-13/h7-12,16H,3-6H2,1-2H3. The molecule has 0 bridgehead atoms. The second-order valence-electron chi connectivity index (χ2n) is 5.47. The Morgan fingerprint density at radius 3 is 2.68 bits per heavy atom. The van der Waals surface area contributed by atoms with Gasteiger partial charge in [-0.25, -0.2) is 0 Å². The third kappa shape index (κ3) is 3.48. The Kier molecular flexibility index (Phi) is 4.81. The van der Waals surface area contributed by atoms with Gasteiger partial charge in [0.1, 0.15) is 0 Å². The van der Waals surface area contributed by atoms with E-state index in [0.29, 0.717) is 11.7 Å². The SMILES string of the molecule is CCC(C)C1CCCC(=Cc2ccc(Cl)cc2)C1=O. The van der Waals surface area contributed by atoms with Crippen molar-refractivity contribution in [1.29, 1.82) is 0 Å². The van der Waals surface area contributed by atoms with Crippen molar-refractivity contribution in [1.82, 2.24) is 0 Å². The molecule has 1 saturated carbocycles. The summed E-state index contributed by atoms with van der Waals surface area (Å²) in [5.41, 5.74) is 2.05. The molecule has 1 aromatic carbocycles. The highest BCUT2D eigenvalue weighted by Gasteiger charge is 2.29. The first-order valence-corrected chi connectivity index (χ1v) is 7.50. The van der Waals surface area contributed by atoms with Gasteiger partial charge in [-0.05, 0) is 54.5 Å². The minimum Gasteiger partial charge on any atom is -0.294 e. The van der Waals surface area contributed by atoms with Gasteiger partial charge >= 0.3 is 0 Å². The minimum atomic E-state index is 0.220. The zero-order valence-electron chi connectivity index (χ0n) is 11.7. The second-order valence-corrected chi connectivity index (χ2v) is 5.91. The molecule has 0 N–H and O–H groups in total. The van der Waals surface area contributed by atoms with Crippen molar-refractivity contribution in [2.75, 3.05) is 0 Å². The Morgan fingerprint density at radius 1 is 1.37 bits per heavy atom. The molecular weight excluding hydrogens is 256 g/mol. The van der Waals surface area contributed by atoms with E-state index in [9.17, 15) is 4.79 Å². The van der Waals surface area contributed by atoms with Gasteiger partial charge in [-0.1, -0.05) is 44.0 Å². The molecule has 0 saturated heterocycles. The zero-order valence-corrected chi connectivity index (χ0v) is 12.4. The maximum Gasteiger partial charge on any atom is 0.162 e. The monoisotopic (exact) mass is 276 g/mol. The third-order valence-electron chi connectivity index (χ3n) is 4.16. The molecule has 2 atom stereocenters. The van der Waals surface area contributed by atoms with E-state index in [-0.39, 0.29) is 5.92 Å². The maximum atomic E-state index is 12.5. The summed E-state index contributed by atoms with van der Waals surface area (Å²) in [7, 11) is 0. The fourth-order valence-electron chi connectivity index (χ4n) is 2.74. The Labute approximate surface area is 120 Å². The first kappa shape index (κ1) is 14.3. The van der Waals surface area contributed by atoms with Gasteiger partial charge in [-0.15, -0.1) is 0 Å². The smallest absolute Gasteiger partial charge is 0.162 e. The molecule has 1 aliphatic rings. The number of hydrogen-bond acceptors (Lipinski definition) is 1. The van der Waals surface area contributed by atoms with E-state index >= 15 is 0 Å². The van der Waals surface area contributed by atoms with Crippen LogP contribution in [0.3, 0.4) is 0 Å². The molecule has 0 aromatic heterocycles. The molecule has 1 aliphatic carbocycles. The fourth-order valence-corrected chi connectivity index (χ4v) is 2.86. The number of halogens is 1. The molecule has 1 nitrogen and oxygen atoms in total. The van der Waals surface area contributed by atoms with Gasteiger partial charge in [0.2, 0.25) is 0 Å². The van der Waals surface area contributed by atoms with Crippen LogP contribution in [-0.2, 0) is 4.79 Å². The quantitative estimate of drug-likeness (QED) is 0.699. The van der Waals surface area contributed by atoms with Crippen molar-refractivity contribution < 1.29 is 4.79 Å². The molecular formula is C17H21ClO. The highest BCUT2D eigenvalue weighted by atomic mass is 35.5. The molecule has 2 heteroatoms. The number of rotatable bonds is 3. The molecule has 102 valence electrons. The molecule has 0 amide bonds. The molecule has 0 aliphatic heterocycles. The first-order valence-electron chi connectivity index (χ1n) is 7.12. The van der Waals surface area contributed by atoms with Crippen molar-refractivity contribution in [3.05, 3.63) is 40.4 Å². The van der Waals surface area contributed by atoms with Crippen LogP contribution in [0.4, 0.5) is 0 Å². The summed E-state index contributed by atoms with van der Waals surface area (Å²) in [6, 6.07) is 7.67. The van der Waals surface area contributed by atoms with Gasteiger partial charge in [0.15, 0.2) is 5.78 Å². The van der Waals surface area contributed by atoms with Crippen molar-refractivity contribution in [3.8, 4) is 0 Å². The van der Waals surface area contributed by atoms with E-state index in [4.69, 9.17) is 11.6 Å². The number of allylic oxidation sites excluding steroid dienone is 1. The van der Waals surface area contributed by atoms with Gasteiger partial charge in [0, 0.05) is 10.9 Å². The van der Waals surface area contributed by atoms with Crippen LogP contribution < -0.4 is 0 Å². The van der Waals surface area contributed by atoms with Crippen molar-refractivity contribution >= 4 is 23.5 Å². The molecule has 0 spiro atoms. The van der Waals surface area contributed by atoms with E-state index in [1.807, 2.05) is 30.3 Å². The lowest BCUT2D eigenvalue weighted by molar-refractivity contribution is -0.122. The maximum absolute atomic E-state index is 12.5. The molecule has 0 radical (unpaired) electrons. The lowest BCUT2D eigenvalue weighted by Gasteiger charge is -2.27. The fraction of sp³-hybridized carbons (Fsp3) is 0.471. The topological polar surface area (TPSA) is 17.1 Å². The number of carbonyl (C=O) groups is 1. The van der Waals surface area contributed by atoms with Crippen molar-refractivity contribution in [3.63, 3.8) is 0 Å². The van der Waals surface area contributed by atoms with Crippen LogP contribution in [0.1, 0.15) is 45.1 Å². The van der Waals surface area contributed by atoms with E-state index in [1.165, 1.54) is 0 Å². The van der Waals surface area contributed by atoms with Gasteiger partial charge < -0.3 is 0 Å². The van der Waals surface area contributed by atoms with Crippen LogP contribution in [0.25, 0.3) is 6.08 Å². The summed E-state index contributed by atoms with van der Waals surface area (Å²) in [5, 5.41) is 0.731. The van der Waals surface area contributed by atoms with E-state index < -0.39 is 0 Å². The van der Waals surface area contributed by atoms with E-state index in [0.717, 1.165) is 41.8 Å². The first-order chi connectivity index (χ1) is 9.11. The van der Waals surface area contributed by atoms with Crippen LogP contribution in [0.15, 0.2) is 29.8 Å². The molecule has 2 unspecified atom stereocenters. The highest BCUT2D eigenvalue weighted by Crippen LogP contribution is 2.32. The van der Waals surface area contributed by atoms with Crippen molar-refractivity contribution in [2.45, 2.75) is 39.5 Å². The van der Waals surface area contributed by atoms with Crippen molar-refractivity contribution in [2.24, 2.45) is 11.8 Å². The van der Waals surface area contributed by atoms with Gasteiger partial charge in [0.05, 0.1) is 0 Å². The summed E-state index contributed by atoms with van der Waals surface area (Å²) in [6.45, 7) is 4.35. The highest BCUT2D eigenvalue weighted by molar-refractivity contribution is 6.30. The zero-order chi connectivity index (χ0) is 13.8. The number of carbonyl (C=O) groups excluding carboxylic acids is 1. The number of hydrogen-bond donors (Lipinski definition) is 0. The Bertz CT molecular complexity index is 473. The van der Waals surface area contributed by atoms with E-state index in [2.05, 4.69) is 13.8 Å². The summed E-state index contributed by atoms with van der Waals surface area (Å²) < 4.78 is 0. The Morgan fingerprint density at radius 2 is 2.05 bits per heavy atom. The summed E-state index contributed by atoms with van der Waals surface area (Å²) in [4.78, 5) is 12.5. The minimum absolute atomic E-state index is 0.220. The molecule has 1 fully saturated rings. The predicted molar refractivity (Wildman–Crippen MR) is 81.2 cm³/mol. The predicted octanol–water partition coefficient (Wildman–Crippen LogP) is 5.14. The normalized spacial score (nSPS) is 23.6. The molecule has 2 rings (SSSR count). The molecule has 19 heavy (non-hydrogen) atoms. The van der Waals surface area contributed by atoms with Gasteiger partial charge in [-0.3, -0.25) is 4.79 Å². The second kappa shape index (κ2) is 6.38. The lowest BCUT2D eigenvalue weighted by Crippen LogP contribution is -2.27. The van der Waals surface area contributed by atoms with Crippen LogP contribution in [0.2, 0.25) is 5.02 Å². The van der Waals surface area contributed by atoms with Crippen LogP contribution in [-0.4, -0.2) is 5.78 Å². The summed E-state index contributed by atoms with van der Waals surface area (Å²) in [6.07, 6.45) is 6.19. The average Bonchev–Trinajstić information content (AvgIpc) is 2.43.